The van der Waals surface area contributed by atoms with E-state index in [1.807, 2.05) is 6.92 Å². The van der Waals surface area contributed by atoms with Crippen LogP contribution in [0.15, 0.2) is 24.3 Å². The molecule has 0 heterocycles. The van der Waals surface area contributed by atoms with E-state index in [0.29, 0.717) is 12.1 Å². The molecule has 112 valence electrons. The number of halogens is 3. The van der Waals surface area contributed by atoms with E-state index in [9.17, 15) is 18.0 Å². The normalized spacial score (nSPS) is 12.8. The number of hydrogen-bond acceptors (Lipinski definition) is 3. The summed E-state index contributed by atoms with van der Waals surface area (Å²) in [5.74, 6) is -0.242. The lowest BCUT2D eigenvalue weighted by molar-refractivity contribution is -0.153. The van der Waals surface area contributed by atoms with Crippen molar-refractivity contribution in [2.24, 2.45) is 5.73 Å². The summed E-state index contributed by atoms with van der Waals surface area (Å²) in [7, 11) is 0. The lowest BCUT2D eigenvalue weighted by atomic mass is 10.1. The van der Waals surface area contributed by atoms with Gasteiger partial charge < -0.3 is 15.8 Å². The number of nitrogens with two attached hydrogens (primary N) is 1. The van der Waals surface area contributed by atoms with Gasteiger partial charge in [0, 0.05) is 5.69 Å². The highest BCUT2D eigenvalue weighted by Crippen LogP contribution is 2.20. The van der Waals surface area contributed by atoms with Crippen molar-refractivity contribution in [1.82, 2.24) is 0 Å². The summed E-state index contributed by atoms with van der Waals surface area (Å²) in [5, 5.41) is 2.58. The van der Waals surface area contributed by atoms with Crippen LogP contribution in [0.1, 0.15) is 19.8 Å². The van der Waals surface area contributed by atoms with Crippen LogP contribution in [0, 0.1) is 0 Å². The summed E-state index contributed by atoms with van der Waals surface area (Å²) in [4.78, 5) is 11.6. The van der Waals surface area contributed by atoms with Crippen LogP contribution in [-0.2, 0) is 4.79 Å². The highest BCUT2D eigenvalue weighted by molar-refractivity contribution is 5.94. The van der Waals surface area contributed by atoms with Gasteiger partial charge in [0.15, 0.2) is 6.61 Å². The third kappa shape index (κ3) is 5.92. The first-order valence-corrected chi connectivity index (χ1v) is 6.18. The molecule has 20 heavy (non-hydrogen) atoms. The van der Waals surface area contributed by atoms with Gasteiger partial charge in [-0.15, -0.1) is 0 Å². The molecule has 4 nitrogen and oxygen atoms in total. The first-order valence-electron chi connectivity index (χ1n) is 6.18. The van der Waals surface area contributed by atoms with Crippen molar-refractivity contribution in [2.75, 3.05) is 11.9 Å². The van der Waals surface area contributed by atoms with Gasteiger partial charge >= 0.3 is 6.18 Å². The minimum Gasteiger partial charge on any atom is -0.484 e. The number of carbonyl (C=O) groups is 1. The Morgan fingerprint density at radius 3 is 2.45 bits per heavy atom. The topological polar surface area (TPSA) is 64.4 Å². The van der Waals surface area contributed by atoms with Gasteiger partial charge in [0.1, 0.15) is 5.75 Å². The molecule has 7 heteroatoms. The van der Waals surface area contributed by atoms with Crippen LogP contribution in [0.25, 0.3) is 0 Å². The predicted octanol–water partition coefficient (Wildman–Crippen LogP) is 2.69. The summed E-state index contributed by atoms with van der Waals surface area (Å²) in [5.41, 5.74) is 6.10. The Balaban J connectivity index is 2.52. The molecule has 1 aromatic rings. The van der Waals surface area contributed by atoms with Crippen molar-refractivity contribution in [1.29, 1.82) is 0 Å². The molecule has 3 N–H and O–H groups in total. The quantitative estimate of drug-likeness (QED) is 0.846. The Bertz CT molecular complexity index is 432. The molecule has 1 atom stereocenters. The Labute approximate surface area is 115 Å². The molecule has 1 aromatic carbocycles. The fraction of sp³-hybridized carbons (Fsp3) is 0.462. The van der Waals surface area contributed by atoms with E-state index >= 15 is 0 Å². The number of ether oxygens (including phenoxy) is 1. The summed E-state index contributed by atoms with van der Waals surface area (Å²) in [6, 6.07) is 5.03. The molecule has 0 saturated heterocycles. The number of nitrogens with one attached hydrogen (secondary N) is 1. The second-order valence-electron chi connectivity index (χ2n) is 4.31. The standard InChI is InChI=1S/C13H17F3N2O2/c1-2-3-11(17)12(19)18-9-4-6-10(7-5-9)20-8-13(14,15)16/h4-7,11H,2-3,8,17H2,1H3,(H,18,19)/t11-/m0/s1. The molecule has 0 aliphatic carbocycles. The van der Waals surface area contributed by atoms with Crippen molar-refractivity contribution < 1.29 is 22.7 Å². The zero-order valence-corrected chi connectivity index (χ0v) is 11.0. The maximum Gasteiger partial charge on any atom is 0.422 e. The van der Waals surface area contributed by atoms with Crippen molar-refractivity contribution in [3.8, 4) is 5.75 Å². The van der Waals surface area contributed by atoms with E-state index in [1.54, 1.807) is 0 Å². The monoisotopic (exact) mass is 290 g/mol. The van der Waals surface area contributed by atoms with Gasteiger partial charge in [-0.3, -0.25) is 4.79 Å². The number of rotatable bonds is 6. The third-order valence-electron chi connectivity index (χ3n) is 2.46. The largest absolute Gasteiger partial charge is 0.484 e. The maximum atomic E-state index is 12.0. The molecule has 0 fully saturated rings. The van der Waals surface area contributed by atoms with Crippen molar-refractivity contribution in [3.63, 3.8) is 0 Å². The van der Waals surface area contributed by atoms with Crippen LogP contribution < -0.4 is 15.8 Å². The number of carbonyl (C=O) groups excluding carboxylic acids is 1. The maximum absolute atomic E-state index is 12.0. The van der Waals surface area contributed by atoms with Crippen LogP contribution in [0.4, 0.5) is 18.9 Å². The van der Waals surface area contributed by atoms with Crippen LogP contribution in [0.5, 0.6) is 5.75 Å². The van der Waals surface area contributed by atoms with Gasteiger partial charge in [0.05, 0.1) is 6.04 Å². The van der Waals surface area contributed by atoms with Crippen LogP contribution in [0.2, 0.25) is 0 Å². The van der Waals surface area contributed by atoms with Gasteiger partial charge in [-0.1, -0.05) is 13.3 Å². The van der Waals surface area contributed by atoms with Crippen LogP contribution >= 0.6 is 0 Å². The Morgan fingerprint density at radius 2 is 1.95 bits per heavy atom. The molecule has 1 rings (SSSR count). The van der Waals surface area contributed by atoms with Gasteiger partial charge in [-0.2, -0.15) is 13.2 Å². The lowest BCUT2D eigenvalue weighted by Crippen LogP contribution is -2.35. The summed E-state index contributed by atoms with van der Waals surface area (Å²) >= 11 is 0. The average molecular weight is 290 g/mol. The number of alkyl halides is 3. The third-order valence-corrected chi connectivity index (χ3v) is 2.46. The number of hydrogen-bond donors (Lipinski definition) is 2. The summed E-state index contributed by atoms with van der Waals surface area (Å²) in [6.45, 7) is 0.569. The molecule has 1 amide bonds. The highest BCUT2D eigenvalue weighted by Gasteiger charge is 2.28. The van der Waals surface area contributed by atoms with E-state index in [1.165, 1.54) is 24.3 Å². The van der Waals surface area contributed by atoms with Gasteiger partial charge in [0.2, 0.25) is 5.91 Å². The summed E-state index contributed by atoms with van der Waals surface area (Å²) in [6.07, 6.45) is -3.02. The predicted molar refractivity (Wildman–Crippen MR) is 69.5 cm³/mol. The second kappa shape index (κ2) is 7.14. The van der Waals surface area contributed by atoms with E-state index < -0.39 is 18.8 Å². The molecule has 0 bridgehead atoms. The van der Waals surface area contributed by atoms with E-state index in [4.69, 9.17) is 5.73 Å². The molecule has 0 aromatic heterocycles. The molecular weight excluding hydrogens is 273 g/mol. The molecular formula is C13H17F3N2O2. The van der Waals surface area contributed by atoms with E-state index in [0.717, 1.165) is 6.42 Å². The first-order chi connectivity index (χ1) is 9.31. The molecule has 0 unspecified atom stereocenters. The fourth-order valence-corrected chi connectivity index (χ4v) is 1.48. The zero-order chi connectivity index (χ0) is 15.2. The smallest absolute Gasteiger partial charge is 0.422 e. The van der Waals surface area contributed by atoms with E-state index in [-0.39, 0.29) is 11.7 Å². The number of amides is 1. The van der Waals surface area contributed by atoms with Crippen LogP contribution in [0.3, 0.4) is 0 Å². The first kappa shape index (κ1) is 16.3. The highest BCUT2D eigenvalue weighted by atomic mass is 19.4. The molecule has 0 saturated carbocycles. The Hall–Kier alpha value is -1.76. The Morgan fingerprint density at radius 1 is 1.35 bits per heavy atom. The minimum absolute atomic E-state index is 0.0816. The lowest BCUT2D eigenvalue weighted by Gasteiger charge is -2.12. The van der Waals surface area contributed by atoms with Crippen molar-refractivity contribution >= 4 is 11.6 Å². The molecule has 0 aliphatic rings. The van der Waals surface area contributed by atoms with Gasteiger partial charge in [-0.05, 0) is 30.7 Å². The zero-order valence-electron chi connectivity index (χ0n) is 11.0. The van der Waals surface area contributed by atoms with Crippen molar-refractivity contribution in [2.45, 2.75) is 32.0 Å². The Kier molecular flexibility index (Phi) is 5.82. The molecule has 0 spiro atoms. The molecule has 0 radical (unpaired) electrons. The van der Waals surface area contributed by atoms with E-state index in [2.05, 4.69) is 10.1 Å². The second-order valence-corrected chi connectivity index (χ2v) is 4.31. The minimum atomic E-state index is -4.38. The molecule has 0 aliphatic heterocycles. The number of anilines is 1. The summed E-state index contributed by atoms with van der Waals surface area (Å²) < 4.78 is 40.4. The van der Waals surface area contributed by atoms with Crippen LogP contribution in [-0.4, -0.2) is 24.7 Å². The number of benzene rings is 1. The van der Waals surface area contributed by atoms with Crippen molar-refractivity contribution in [3.05, 3.63) is 24.3 Å². The SMILES string of the molecule is CCC[C@H](N)C(=O)Nc1ccc(OCC(F)(F)F)cc1. The van der Waals surface area contributed by atoms with Gasteiger partial charge in [0.25, 0.3) is 0 Å². The van der Waals surface area contributed by atoms with Gasteiger partial charge in [-0.25, -0.2) is 0 Å². The fourth-order valence-electron chi connectivity index (χ4n) is 1.48. The average Bonchev–Trinajstić information content (AvgIpc) is 2.37.